The molecule has 0 bridgehead atoms. The maximum absolute atomic E-state index is 9.47. The molecule has 0 aromatic carbocycles. The third-order valence-electron chi connectivity index (χ3n) is 1.01. The molecule has 0 spiro atoms. The van der Waals surface area contributed by atoms with Gasteiger partial charge in [0.25, 0.3) is 0 Å². The van der Waals surface area contributed by atoms with E-state index in [1.54, 1.807) is 0 Å². The highest BCUT2D eigenvalue weighted by atomic mass is 16.3. The molecule has 0 rings (SSSR count). The Bertz CT molecular complexity index is 124. The van der Waals surface area contributed by atoms with E-state index in [0.717, 1.165) is 12.5 Å². The zero-order valence-electron chi connectivity index (χ0n) is 8.08. The van der Waals surface area contributed by atoms with Crippen molar-refractivity contribution in [3.05, 3.63) is 12.7 Å². The van der Waals surface area contributed by atoms with Gasteiger partial charge in [0.2, 0.25) is 5.91 Å². The Hall–Kier alpha value is -0.830. The van der Waals surface area contributed by atoms with Crippen LogP contribution in [0.4, 0.5) is 0 Å². The fourth-order valence-electron chi connectivity index (χ4n) is 0.682. The van der Waals surface area contributed by atoms with Crippen molar-refractivity contribution in [2.24, 2.45) is 11.7 Å². The first-order chi connectivity index (χ1) is 5.40. The Morgan fingerprint density at radius 1 is 1.58 bits per heavy atom. The summed E-state index contributed by atoms with van der Waals surface area (Å²) in [4.78, 5) is 9.47. The summed E-state index contributed by atoms with van der Waals surface area (Å²) in [6.45, 7) is 9.11. The molecule has 0 aliphatic rings. The second-order valence-electron chi connectivity index (χ2n) is 3.09. The van der Waals surface area contributed by atoms with Gasteiger partial charge in [-0.1, -0.05) is 20.4 Å². The first kappa shape index (κ1) is 13.7. The summed E-state index contributed by atoms with van der Waals surface area (Å²) in [6, 6.07) is 0. The highest BCUT2D eigenvalue weighted by Crippen LogP contribution is 2.01. The van der Waals surface area contributed by atoms with Gasteiger partial charge in [-0.3, -0.25) is 4.79 Å². The molecule has 3 nitrogen and oxygen atoms in total. The van der Waals surface area contributed by atoms with Gasteiger partial charge in [-0.25, -0.2) is 0 Å². The van der Waals surface area contributed by atoms with Gasteiger partial charge in [0.1, 0.15) is 0 Å². The van der Waals surface area contributed by atoms with Crippen molar-refractivity contribution in [1.82, 2.24) is 0 Å². The third-order valence-corrected chi connectivity index (χ3v) is 1.01. The van der Waals surface area contributed by atoms with E-state index in [1.807, 2.05) is 6.92 Å². The molecule has 3 N–H and O–H groups in total. The quantitative estimate of drug-likeness (QED) is 0.627. The molecule has 0 fully saturated rings. The third kappa shape index (κ3) is 22.9. The first-order valence-electron chi connectivity index (χ1n) is 4.00. The number of primary amides is 1. The van der Waals surface area contributed by atoms with E-state index in [0.29, 0.717) is 5.92 Å². The summed E-state index contributed by atoms with van der Waals surface area (Å²) in [6.07, 6.45) is 1.85. The predicted octanol–water partition coefficient (Wildman–Crippen LogP) is 1.07. The summed E-state index contributed by atoms with van der Waals surface area (Å²) in [7, 11) is 0. The topological polar surface area (TPSA) is 63.3 Å². The number of amides is 1. The number of aliphatic hydroxyl groups is 1. The van der Waals surface area contributed by atoms with Crippen molar-refractivity contribution < 1.29 is 9.90 Å². The minimum atomic E-state index is -0.481. The molecule has 0 aromatic heterocycles. The van der Waals surface area contributed by atoms with Crippen molar-refractivity contribution in [2.75, 3.05) is 0 Å². The summed E-state index contributed by atoms with van der Waals surface area (Å²) in [5.74, 6) is 0.144. The summed E-state index contributed by atoms with van der Waals surface area (Å²) in [5, 5.41) is 8.72. The Morgan fingerprint density at radius 3 is 1.92 bits per heavy atom. The van der Waals surface area contributed by atoms with E-state index < -0.39 is 5.91 Å². The zero-order valence-corrected chi connectivity index (χ0v) is 8.08. The van der Waals surface area contributed by atoms with E-state index in [1.165, 1.54) is 0 Å². The molecule has 0 saturated carbocycles. The Kier molecular flexibility index (Phi) is 9.47. The molecule has 0 saturated heterocycles. The standard InChI is InChI=1S/C6H14O.C3H5NO/c1-5(2)4-6(3)7;1-2-3(4)5/h5-7H,4H2,1-3H3;2H,1H2,(H2,4,5). The molecule has 1 amide bonds. The molecule has 1 unspecified atom stereocenters. The van der Waals surface area contributed by atoms with E-state index in [4.69, 9.17) is 5.11 Å². The molecule has 0 heterocycles. The van der Waals surface area contributed by atoms with Crippen LogP contribution in [0.5, 0.6) is 0 Å². The molecule has 1 atom stereocenters. The van der Waals surface area contributed by atoms with Crippen molar-refractivity contribution in [1.29, 1.82) is 0 Å². The molecular formula is C9H19NO2. The van der Waals surface area contributed by atoms with Crippen LogP contribution in [0, 0.1) is 5.92 Å². The van der Waals surface area contributed by atoms with Gasteiger partial charge >= 0.3 is 0 Å². The smallest absolute Gasteiger partial charge is 0.240 e. The minimum absolute atomic E-state index is 0.125. The zero-order chi connectivity index (χ0) is 10.1. The lowest BCUT2D eigenvalue weighted by Gasteiger charge is -2.04. The first-order valence-corrected chi connectivity index (χ1v) is 4.00. The molecule has 0 aliphatic carbocycles. The Morgan fingerprint density at radius 2 is 1.92 bits per heavy atom. The summed E-state index contributed by atoms with van der Waals surface area (Å²) < 4.78 is 0. The van der Waals surface area contributed by atoms with Gasteiger partial charge < -0.3 is 10.8 Å². The van der Waals surface area contributed by atoms with Gasteiger partial charge in [0, 0.05) is 0 Å². The van der Waals surface area contributed by atoms with Crippen molar-refractivity contribution in [3.8, 4) is 0 Å². The monoisotopic (exact) mass is 173 g/mol. The average Bonchev–Trinajstić information content (AvgIpc) is 1.85. The van der Waals surface area contributed by atoms with Crippen LogP contribution in [0.1, 0.15) is 27.2 Å². The number of carbonyl (C=O) groups is 1. The maximum atomic E-state index is 9.47. The Balaban J connectivity index is 0. The van der Waals surface area contributed by atoms with Crippen molar-refractivity contribution in [2.45, 2.75) is 33.3 Å². The van der Waals surface area contributed by atoms with Crippen LogP contribution in [-0.4, -0.2) is 17.1 Å². The number of carbonyl (C=O) groups excluding carboxylic acids is 1. The number of nitrogens with two attached hydrogens (primary N) is 1. The molecule has 0 radical (unpaired) electrons. The fraction of sp³-hybridized carbons (Fsp3) is 0.667. The Labute approximate surface area is 74.3 Å². The van der Waals surface area contributed by atoms with E-state index >= 15 is 0 Å². The van der Waals surface area contributed by atoms with Crippen LogP contribution in [0.25, 0.3) is 0 Å². The summed E-state index contributed by atoms with van der Waals surface area (Å²) in [5.41, 5.74) is 4.53. The van der Waals surface area contributed by atoms with Crippen molar-refractivity contribution >= 4 is 5.91 Å². The van der Waals surface area contributed by atoms with Gasteiger partial charge in [0.05, 0.1) is 6.10 Å². The second-order valence-corrected chi connectivity index (χ2v) is 3.09. The van der Waals surface area contributed by atoms with Gasteiger partial charge in [-0.05, 0) is 25.3 Å². The van der Waals surface area contributed by atoms with E-state index in [-0.39, 0.29) is 6.10 Å². The average molecular weight is 173 g/mol. The molecule has 0 aromatic rings. The lowest BCUT2D eigenvalue weighted by atomic mass is 10.1. The number of rotatable bonds is 3. The van der Waals surface area contributed by atoms with E-state index in [9.17, 15) is 4.79 Å². The molecule has 3 heteroatoms. The molecule has 0 aliphatic heterocycles. The largest absolute Gasteiger partial charge is 0.393 e. The van der Waals surface area contributed by atoms with Crippen LogP contribution >= 0.6 is 0 Å². The lowest BCUT2D eigenvalue weighted by Crippen LogP contribution is -2.04. The maximum Gasteiger partial charge on any atom is 0.240 e. The highest BCUT2D eigenvalue weighted by Gasteiger charge is 1.97. The second kappa shape index (κ2) is 8.27. The lowest BCUT2D eigenvalue weighted by molar-refractivity contribution is -0.113. The fourth-order valence-corrected chi connectivity index (χ4v) is 0.682. The molecular weight excluding hydrogens is 154 g/mol. The highest BCUT2D eigenvalue weighted by molar-refractivity contribution is 5.84. The normalized spacial score (nSPS) is 11.4. The minimum Gasteiger partial charge on any atom is -0.393 e. The van der Waals surface area contributed by atoms with Gasteiger partial charge in [0.15, 0.2) is 0 Å². The van der Waals surface area contributed by atoms with Crippen LogP contribution in [0.15, 0.2) is 12.7 Å². The molecule has 72 valence electrons. The van der Waals surface area contributed by atoms with Gasteiger partial charge in [-0.15, -0.1) is 0 Å². The van der Waals surface area contributed by atoms with Gasteiger partial charge in [-0.2, -0.15) is 0 Å². The number of aliphatic hydroxyl groups excluding tert-OH is 1. The van der Waals surface area contributed by atoms with Crippen LogP contribution in [0.3, 0.4) is 0 Å². The SMILES string of the molecule is C=CC(N)=O.CC(C)CC(C)O. The molecule has 12 heavy (non-hydrogen) atoms. The van der Waals surface area contributed by atoms with Crippen LogP contribution in [-0.2, 0) is 4.79 Å². The van der Waals surface area contributed by atoms with Crippen molar-refractivity contribution in [3.63, 3.8) is 0 Å². The van der Waals surface area contributed by atoms with Crippen LogP contribution < -0.4 is 5.73 Å². The van der Waals surface area contributed by atoms with E-state index in [2.05, 4.69) is 26.2 Å². The van der Waals surface area contributed by atoms with Crippen LogP contribution in [0.2, 0.25) is 0 Å². The number of hydrogen-bond acceptors (Lipinski definition) is 2. The number of hydrogen-bond donors (Lipinski definition) is 2. The summed E-state index contributed by atoms with van der Waals surface area (Å²) >= 11 is 0. The predicted molar refractivity (Wildman–Crippen MR) is 50.5 cm³/mol.